The number of carbonyl (C=O) groups excluding carboxylic acids is 1. The Morgan fingerprint density at radius 2 is 1.97 bits per heavy atom. The van der Waals surface area contributed by atoms with E-state index in [9.17, 15) is 22.4 Å². The Balaban J connectivity index is 1.51. The Hall–Kier alpha value is -2.53. The Bertz CT molecular complexity index is 903. The molecule has 0 spiro atoms. The van der Waals surface area contributed by atoms with Crippen molar-refractivity contribution in [3.05, 3.63) is 41.5 Å². The van der Waals surface area contributed by atoms with Crippen molar-refractivity contribution >= 4 is 5.91 Å². The maximum absolute atomic E-state index is 13.8. The van der Waals surface area contributed by atoms with Crippen molar-refractivity contribution in [1.82, 2.24) is 24.8 Å². The van der Waals surface area contributed by atoms with Crippen LogP contribution in [0, 0.1) is 5.82 Å². The fourth-order valence-corrected chi connectivity index (χ4v) is 3.83. The van der Waals surface area contributed by atoms with Gasteiger partial charge in [-0.3, -0.25) is 9.69 Å². The van der Waals surface area contributed by atoms with E-state index in [0.29, 0.717) is 17.8 Å². The summed E-state index contributed by atoms with van der Waals surface area (Å²) < 4.78 is 60.8. The lowest BCUT2D eigenvalue weighted by Gasteiger charge is -2.35. The van der Waals surface area contributed by atoms with Gasteiger partial charge in [-0.2, -0.15) is 13.2 Å². The Morgan fingerprint density at radius 1 is 1.20 bits per heavy atom. The second kappa shape index (κ2) is 8.31. The number of aromatic nitrogens is 3. The zero-order valence-electron chi connectivity index (χ0n) is 16.1. The highest BCUT2D eigenvalue weighted by atomic mass is 19.4. The van der Waals surface area contributed by atoms with E-state index in [-0.39, 0.29) is 24.9 Å². The molecule has 1 atom stereocenters. The summed E-state index contributed by atoms with van der Waals surface area (Å²) in [5.74, 6) is -1.55. The van der Waals surface area contributed by atoms with Gasteiger partial charge in [0.25, 0.3) is 5.91 Å². The molecule has 162 valence electrons. The third kappa shape index (κ3) is 4.31. The van der Waals surface area contributed by atoms with Crippen molar-refractivity contribution in [3.8, 4) is 5.69 Å². The molecule has 1 amide bonds. The van der Waals surface area contributed by atoms with E-state index in [1.165, 1.54) is 17.0 Å². The number of rotatable bonds is 4. The van der Waals surface area contributed by atoms with Crippen LogP contribution in [0.1, 0.15) is 29.0 Å². The molecule has 11 heteroatoms. The summed E-state index contributed by atoms with van der Waals surface area (Å²) in [4.78, 5) is 16.3. The molecule has 2 aliphatic rings. The largest absolute Gasteiger partial charge is 0.435 e. The summed E-state index contributed by atoms with van der Waals surface area (Å²) in [6, 6.07) is 4.55. The minimum Gasteiger partial charge on any atom is -0.377 e. The number of hydrogen-bond acceptors (Lipinski definition) is 5. The first kappa shape index (κ1) is 20.7. The minimum atomic E-state index is -4.89. The molecule has 1 aromatic heterocycles. The minimum absolute atomic E-state index is 0.157. The number of carbonyl (C=O) groups is 1. The first-order chi connectivity index (χ1) is 14.3. The predicted octanol–water partition coefficient (Wildman–Crippen LogP) is 2.36. The molecule has 0 bridgehead atoms. The molecule has 2 aromatic rings. The van der Waals surface area contributed by atoms with E-state index in [1.807, 2.05) is 0 Å². The quantitative estimate of drug-likeness (QED) is 0.702. The van der Waals surface area contributed by atoms with Crippen LogP contribution in [0.15, 0.2) is 24.3 Å². The van der Waals surface area contributed by atoms with Gasteiger partial charge in [0.05, 0.1) is 11.8 Å². The molecule has 4 rings (SSSR count). The van der Waals surface area contributed by atoms with Crippen molar-refractivity contribution in [2.45, 2.75) is 25.1 Å². The zero-order valence-corrected chi connectivity index (χ0v) is 16.1. The van der Waals surface area contributed by atoms with Gasteiger partial charge in [0.15, 0.2) is 11.4 Å². The Kier molecular flexibility index (Phi) is 5.74. The van der Waals surface area contributed by atoms with E-state index >= 15 is 0 Å². The number of benzene rings is 1. The summed E-state index contributed by atoms with van der Waals surface area (Å²) in [6.45, 7) is 3.18. The third-order valence-corrected chi connectivity index (χ3v) is 5.34. The Labute approximate surface area is 170 Å². The van der Waals surface area contributed by atoms with Gasteiger partial charge in [0, 0.05) is 39.3 Å². The average molecular weight is 427 g/mol. The molecule has 2 saturated heterocycles. The molecule has 2 fully saturated rings. The lowest BCUT2D eigenvalue weighted by Crippen LogP contribution is -2.50. The number of amides is 1. The van der Waals surface area contributed by atoms with Crippen LogP contribution in [0.4, 0.5) is 17.6 Å². The van der Waals surface area contributed by atoms with Gasteiger partial charge in [0.2, 0.25) is 0 Å². The van der Waals surface area contributed by atoms with Crippen molar-refractivity contribution in [3.63, 3.8) is 0 Å². The van der Waals surface area contributed by atoms with E-state index in [0.717, 1.165) is 38.1 Å². The van der Waals surface area contributed by atoms with Crippen molar-refractivity contribution in [2.75, 3.05) is 39.3 Å². The lowest BCUT2D eigenvalue weighted by molar-refractivity contribution is -0.143. The summed E-state index contributed by atoms with van der Waals surface area (Å²) in [7, 11) is 0. The van der Waals surface area contributed by atoms with E-state index in [4.69, 9.17) is 4.74 Å². The smallest absolute Gasteiger partial charge is 0.377 e. The average Bonchev–Trinajstić information content (AvgIpc) is 3.37. The molecule has 3 heterocycles. The highest BCUT2D eigenvalue weighted by Crippen LogP contribution is 2.33. The molecule has 0 aliphatic carbocycles. The van der Waals surface area contributed by atoms with E-state index in [2.05, 4.69) is 15.2 Å². The van der Waals surface area contributed by atoms with Gasteiger partial charge in [-0.05, 0) is 31.0 Å². The van der Waals surface area contributed by atoms with Crippen LogP contribution in [0.25, 0.3) is 5.69 Å². The summed E-state index contributed by atoms with van der Waals surface area (Å²) in [5.41, 5.74) is -2.24. The number of alkyl halides is 3. The first-order valence-corrected chi connectivity index (χ1v) is 9.75. The van der Waals surface area contributed by atoms with Crippen LogP contribution in [-0.2, 0) is 10.9 Å². The summed E-state index contributed by atoms with van der Waals surface area (Å²) >= 11 is 0. The van der Waals surface area contributed by atoms with Crippen molar-refractivity contribution in [1.29, 1.82) is 0 Å². The standard InChI is InChI=1S/C19H21F4N5O2/c20-13-3-1-4-14(11-13)28-17(19(21,22)23)16(24-25-28)18(29)27-8-6-26(7-9-27)12-15-5-2-10-30-15/h1,3-4,11,15H,2,5-10,12H2. The van der Waals surface area contributed by atoms with Gasteiger partial charge in [-0.25, -0.2) is 9.07 Å². The molecule has 7 nitrogen and oxygen atoms in total. The van der Waals surface area contributed by atoms with Crippen LogP contribution in [0.3, 0.4) is 0 Å². The molecular weight excluding hydrogens is 406 g/mol. The zero-order chi connectivity index (χ0) is 21.3. The highest BCUT2D eigenvalue weighted by molar-refractivity contribution is 5.93. The van der Waals surface area contributed by atoms with Crippen LogP contribution < -0.4 is 0 Å². The van der Waals surface area contributed by atoms with Crippen molar-refractivity contribution < 1.29 is 27.1 Å². The number of nitrogens with zero attached hydrogens (tertiary/aromatic N) is 5. The molecule has 1 aromatic carbocycles. The molecule has 1 unspecified atom stereocenters. The SMILES string of the molecule is O=C(c1nnn(-c2cccc(F)c2)c1C(F)(F)F)N1CCN(CC2CCCO2)CC1. The normalized spacial score (nSPS) is 20.7. The molecule has 30 heavy (non-hydrogen) atoms. The van der Waals surface area contributed by atoms with Crippen LogP contribution >= 0.6 is 0 Å². The fourth-order valence-electron chi connectivity index (χ4n) is 3.83. The molecule has 0 saturated carbocycles. The van der Waals surface area contributed by atoms with Crippen LogP contribution in [0.2, 0.25) is 0 Å². The maximum atomic E-state index is 13.8. The number of ether oxygens (including phenoxy) is 1. The predicted molar refractivity (Wildman–Crippen MR) is 97.6 cm³/mol. The maximum Gasteiger partial charge on any atom is 0.435 e. The summed E-state index contributed by atoms with van der Waals surface area (Å²) in [5, 5.41) is 7.01. The monoisotopic (exact) mass is 427 g/mol. The third-order valence-electron chi connectivity index (χ3n) is 5.34. The van der Waals surface area contributed by atoms with Gasteiger partial charge in [0.1, 0.15) is 5.82 Å². The fraction of sp³-hybridized carbons (Fsp3) is 0.526. The highest BCUT2D eigenvalue weighted by Gasteiger charge is 2.43. The van der Waals surface area contributed by atoms with Gasteiger partial charge >= 0.3 is 6.18 Å². The molecule has 2 aliphatic heterocycles. The van der Waals surface area contributed by atoms with Crippen molar-refractivity contribution in [2.24, 2.45) is 0 Å². The molecule has 0 N–H and O–H groups in total. The first-order valence-electron chi connectivity index (χ1n) is 9.75. The number of halogens is 4. The second-order valence-corrected chi connectivity index (χ2v) is 7.40. The van der Waals surface area contributed by atoms with Gasteiger partial charge < -0.3 is 9.64 Å². The van der Waals surface area contributed by atoms with Gasteiger partial charge in [-0.1, -0.05) is 11.3 Å². The van der Waals surface area contributed by atoms with Crippen LogP contribution in [-0.4, -0.2) is 76.1 Å². The van der Waals surface area contributed by atoms with Crippen LogP contribution in [0.5, 0.6) is 0 Å². The van der Waals surface area contributed by atoms with E-state index in [1.54, 1.807) is 0 Å². The second-order valence-electron chi connectivity index (χ2n) is 7.40. The van der Waals surface area contributed by atoms with E-state index < -0.39 is 29.3 Å². The molecular formula is C19H21F4N5O2. The summed E-state index contributed by atoms with van der Waals surface area (Å²) in [6.07, 6.45) is -2.68. The topological polar surface area (TPSA) is 63.5 Å². The number of piperazine rings is 1. The van der Waals surface area contributed by atoms with Gasteiger partial charge in [-0.15, -0.1) is 5.10 Å². The number of hydrogen-bond donors (Lipinski definition) is 0. The molecule has 0 radical (unpaired) electrons. The Morgan fingerprint density at radius 3 is 2.60 bits per heavy atom. The lowest BCUT2D eigenvalue weighted by atomic mass is 10.2.